The Labute approximate surface area is 195 Å². The smallest absolute Gasteiger partial charge is 0.247 e. The summed E-state index contributed by atoms with van der Waals surface area (Å²) in [6.07, 6.45) is 6.79. The van der Waals surface area contributed by atoms with Crippen LogP contribution >= 0.6 is 0 Å². The second-order valence-corrected chi connectivity index (χ2v) is 8.68. The summed E-state index contributed by atoms with van der Waals surface area (Å²) in [7, 11) is 3.16. The largest absolute Gasteiger partial charge is 0.497 e. The van der Waals surface area contributed by atoms with Crippen molar-refractivity contribution in [1.29, 1.82) is 0 Å². The topological polar surface area (TPSA) is 108 Å². The van der Waals surface area contributed by atoms with Crippen LogP contribution in [0.15, 0.2) is 36.4 Å². The summed E-state index contributed by atoms with van der Waals surface area (Å²) in [6, 6.07) is 6.35. The molecular formula is C25H35N3O5. The number of allylic oxidation sites excluding steroid dienone is 1. The maximum absolute atomic E-state index is 13.6. The number of nitrogens with zero attached hydrogens (tertiary/aromatic N) is 1. The summed E-state index contributed by atoms with van der Waals surface area (Å²) in [5, 5.41) is 14.8. The zero-order chi connectivity index (χ0) is 24.0. The number of unbranched alkanes of at least 4 members (excludes halogenated alkanes) is 2. The first-order valence-corrected chi connectivity index (χ1v) is 11.7. The number of anilines is 1. The predicted octanol–water partition coefficient (Wildman–Crippen LogP) is 2.20. The molecule has 0 bridgehead atoms. The molecule has 1 aromatic rings. The highest BCUT2D eigenvalue weighted by atomic mass is 16.5. The van der Waals surface area contributed by atoms with Crippen molar-refractivity contribution in [2.24, 2.45) is 23.7 Å². The fourth-order valence-corrected chi connectivity index (χ4v) is 5.11. The number of carbonyl (C=O) groups excluding carboxylic acids is 3. The van der Waals surface area contributed by atoms with Crippen LogP contribution in [0, 0.1) is 23.7 Å². The summed E-state index contributed by atoms with van der Waals surface area (Å²) in [6.45, 7) is 2.52. The standard InChI is InChI=1S/C25H35N3O5/c1-4-16-8-13-19-21(20(16)23(30)26-2)25(32)28(14-6-5-7-15-29)22(19)24(31)27-17-9-11-18(33-3)12-10-17/h8-13,16,19-22,29H,4-7,14-15H2,1-3H3,(H,26,30)(H,27,31)/t16-,19+,20-,21+,22+/m1/s1. The maximum atomic E-state index is 13.6. The fourth-order valence-electron chi connectivity index (χ4n) is 5.11. The van der Waals surface area contributed by atoms with E-state index in [1.165, 1.54) is 0 Å². The quantitative estimate of drug-likeness (QED) is 0.369. The lowest BCUT2D eigenvalue weighted by Crippen LogP contribution is -2.45. The lowest BCUT2D eigenvalue weighted by atomic mass is 9.69. The van der Waals surface area contributed by atoms with E-state index in [4.69, 9.17) is 9.84 Å². The molecule has 3 amide bonds. The minimum absolute atomic E-state index is 0.0465. The van der Waals surface area contributed by atoms with E-state index in [0.717, 1.165) is 12.8 Å². The zero-order valence-corrected chi connectivity index (χ0v) is 19.6. The van der Waals surface area contributed by atoms with E-state index in [1.807, 2.05) is 19.1 Å². The van der Waals surface area contributed by atoms with E-state index < -0.39 is 17.9 Å². The molecule has 3 N–H and O–H groups in total. The first-order chi connectivity index (χ1) is 16.0. The third-order valence-electron chi connectivity index (χ3n) is 6.82. The van der Waals surface area contributed by atoms with Crippen LogP contribution in [0.4, 0.5) is 5.69 Å². The van der Waals surface area contributed by atoms with Crippen LogP contribution < -0.4 is 15.4 Å². The molecule has 180 valence electrons. The molecule has 5 atom stereocenters. The summed E-state index contributed by atoms with van der Waals surface area (Å²) in [5.74, 6) is -1.37. The van der Waals surface area contributed by atoms with E-state index in [0.29, 0.717) is 30.8 Å². The summed E-state index contributed by atoms with van der Waals surface area (Å²) in [5.41, 5.74) is 0.617. The number of likely N-dealkylation sites (tertiary alicyclic amines) is 1. The fraction of sp³-hybridized carbons (Fsp3) is 0.560. The lowest BCUT2D eigenvalue weighted by molar-refractivity contribution is -0.140. The Balaban J connectivity index is 1.90. The van der Waals surface area contributed by atoms with Gasteiger partial charge in [0.2, 0.25) is 17.7 Å². The molecule has 1 aromatic carbocycles. The van der Waals surface area contributed by atoms with Gasteiger partial charge in [-0.2, -0.15) is 0 Å². The molecule has 1 fully saturated rings. The normalized spacial score (nSPS) is 26.1. The Bertz CT molecular complexity index is 869. The van der Waals surface area contributed by atoms with Gasteiger partial charge in [-0.3, -0.25) is 14.4 Å². The number of amides is 3. The Kier molecular flexibility index (Phi) is 8.49. The average Bonchev–Trinajstić information content (AvgIpc) is 3.12. The van der Waals surface area contributed by atoms with Gasteiger partial charge in [-0.1, -0.05) is 19.1 Å². The van der Waals surface area contributed by atoms with E-state index in [-0.39, 0.29) is 36.2 Å². The van der Waals surface area contributed by atoms with Crippen LogP contribution in [-0.2, 0) is 14.4 Å². The van der Waals surface area contributed by atoms with E-state index in [1.54, 1.807) is 43.3 Å². The van der Waals surface area contributed by atoms with Crippen molar-refractivity contribution in [2.75, 3.05) is 32.6 Å². The number of aliphatic hydroxyl groups excluding tert-OH is 1. The Morgan fingerprint density at radius 1 is 1.09 bits per heavy atom. The van der Waals surface area contributed by atoms with Gasteiger partial charge < -0.3 is 25.4 Å². The van der Waals surface area contributed by atoms with Crippen molar-refractivity contribution in [3.63, 3.8) is 0 Å². The Hall–Kier alpha value is -2.87. The number of nitrogens with one attached hydrogen (secondary N) is 2. The number of hydrogen-bond acceptors (Lipinski definition) is 5. The van der Waals surface area contributed by atoms with Crippen molar-refractivity contribution in [3.05, 3.63) is 36.4 Å². The van der Waals surface area contributed by atoms with Gasteiger partial charge in [0.15, 0.2) is 0 Å². The van der Waals surface area contributed by atoms with Crippen LogP contribution in [0.2, 0.25) is 0 Å². The molecule has 8 nitrogen and oxygen atoms in total. The van der Waals surface area contributed by atoms with E-state index in [2.05, 4.69) is 10.6 Å². The van der Waals surface area contributed by atoms with Gasteiger partial charge in [0, 0.05) is 31.8 Å². The number of fused-ring (bicyclic) bond motifs is 1. The van der Waals surface area contributed by atoms with Crippen LogP contribution in [0.5, 0.6) is 5.75 Å². The summed E-state index contributed by atoms with van der Waals surface area (Å²) >= 11 is 0. The second-order valence-electron chi connectivity index (χ2n) is 8.68. The molecule has 8 heteroatoms. The highest BCUT2D eigenvalue weighted by Crippen LogP contribution is 2.45. The molecular weight excluding hydrogens is 422 g/mol. The first kappa shape index (κ1) is 24.8. The highest BCUT2D eigenvalue weighted by molar-refractivity contribution is 6.01. The molecule has 33 heavy (non-hydrogen) atoms. The van der Waals surface area contributed by atoms with Gasteiger partial charge in [0.25, 0.3) is 0 Å². The van der Waals surface area contributed by atoms with Gasteiger partial charge in [-0.05, 0) is 55.9 Å². The molecule has 3 rings (SSSR count). The predicted molar refractivity (Wildman–Crippen MR) is 126 cm³/mol. The Morgan fingerprint density at radius 3 is 2.42 bits per heavy atom. The molecule has 0 radical (unpaired) electrons. The highest BCUT2D eigenvalue weighted by Gasteiger charge is 2.56. The number of aliphatic hydroxyl groups is 1. The summed E-state index contributed by atoms with van der Waals surface area (Å²) in [4.78, 5) is 41.5. The van der Waals surface area contributed by atoms with Crippen molar-refractivity contribution in [2.45, 2.75) is 38.6 Å². The van der Waals surface area contributed by atoms with Crippen LogP contribution in [0.1, 0.15) is 32.6 Å². The van der Waals surface area contributed by atoms with Crippen molar-refractivity contribution < 1.29 is 24.2 Å². The van der Waals surface area contributed by atoms with Crippen LogP contribution in [0.25, 0.3) is 0 Å². The number of carbonyl (C=O) groups is 3. The maximum Gasteiger partial charge on any atom is 0.247 e. The van der Waals surface area contributed by atoms with Gasteiger partial charge in [-0.15, -0.1) is 0 Å². The van der Waals surface area contributed by atoms with Gasteiger partial charge in [0.05, 0.1) is 18.9 Å². The number of hydrogen-bond donors (Lipinski definition) is 3. The zero-order valence-electron chi connectivity index (χ0n) is 19.6. The number of methoxy groups -OCH3 is 1. The number of ether oxygens (including phenoxy) is 1. The minimum atomic E-state index is -0.694. The molecule has 0 spiro atoms. The number of benzene rings is 1. The van der Waals surface area contributed by atoms with Gasteiger partial charge in [-0.25, -0.2) is 0 Å². The van der Waals surface area contributed by atoms with Crippen molar-refractivity contribution >= 4 is 23.4 Å². The first-order valence-electron chi connectivity index (χ1n) is 11.7. The third-order valence-corrected chi connectivity index (χ3v) is 6.82. The molecule has 1 saturated heterocycles. The average molecular weight is 458 g/mol. The molecule has 0 saturated carbocycles. The van der Waals surface area contributed by atoms with Crippen LogP contribution in [0.3, 0.4) is 0 Å². The second kappa shape index (κ2) is 11.3. The SMILES string of the molecule is CC[C@@H]1C=C[C@H]2[C@H](C(=O)N(CCCCCO)[C@@H]2C(=O)Nc2ccc(OC)cc2)[C@@H]1C(=O)NC. The van der Waals surface area contributed by atoms with Crippen LogP contribution in [-0.4, -0.2) is 61.1 Å². The molecule has 1 aliphatic carbocycles. The molecule has 0 aromatic heterocycles. The van der Waals surface area contributed by atoms with Gasteiger partial charge >= 0.3 is 0 Å². The molecule has 1 aliphatic heterocycles. The van der Waals surface area contributed by atoms with E-state index >= 15 is 0 Å². The molecule has 1 heterocycles. The van der Waals surface area contributed by atoms with Crippen molar-refractivity contribution in [3.8, 4) is 5.75 Å². The third kappa shape index (κ3) is 5.21. The van der Waals surface area contributed by atoms with E-state index in [9.17, 15) is 14.4 Å². The molecule has 2 aliphatic rings. The number of rotatable bonds is 10. The summed E-state index contributed by atoms with van der Waals surface area (Å²) < 4.78 is 5.17. The lowest BCUT2D eigenvalue weighted by Gasteiger charge is -2.33. The molecule has 0 unspecified atom stereocenters. The van der Waals surface area contributed by atoms with Crippen molar-refractivity contribution in [1.82, 2.24) is 10.2 Å². The minimum Gasteiger partial charge on any atom is -0.497 e. The monoisotopic (exact) mass is 457 g/mol. The van der Waals surface area contributed by atoms with Gasteiger partial charge in [0.1, 0.15) is 11.8 Å². The Morgan fingerprint density at radius 2 is 1.82 bits per heavy atom.